The van der Waals surface area contributed by atoms with Crippen molar-refractivity contribution in [2.24, 2.45) is 7.05 Å². The number of ether oxygens (including phenoxy) is 1. The van der Waals surface area contributed by atoms with Gasteiger partial charge in [0, 0.05) is 62.2 Å². The first kappa shape index (κ1) is 27.3. The minimum absolute atomic E-state index is 0.103. The lowest BCUT2D eigenvalue weighted by atomic mass is 10.2. The molecule has 1 aromatic carbocycles. The number of hydrogen-bond acceptors (Lipinski definition) is 6. The number of carbonyl (C=O) groups excluding carboxylic acids is 1. The number of aryl methyl sites for hydroxylation is 1. The van der Waals surface area contributed by atoms with E-state index in [1.54, 1.807) is 12.4 Å². The number of nitrogens with one attached hydrogen (secondary N) is 2. The van der Waals surface area contributed by atoms with Gasteiger partial charge in [-0.3, -0.25) is 4.79 Å². The van der Waals surface area contributed by atoms with Crippen molar-refractivity contribution in [2.75, 3.05) is 25.1 Å². The van der Waals surface area contributed by atoms with Gasteiger partial charge in [-0.05, 0) is 31.5 Å². The molecule has 9 nitrogen and oxygen atoms in total. The zero-order valence-corrected chi connectivity index (χ0v) is 19.2. The summed E-state index contributed by atoms with van der Waals surface area (Å²) in [5, 5.41) is 13.2. The van der Waals surface area contributed by atoms with Crippen LogP contribution < -0.4 is 10.6 Å². The number of nitrogens with zero attached hydrogens (tertiary/aromatic N) is 3. The van der Waals surface area contributed by atoms with E-state index in [4.69, 9.17) is 14.6 Å². The maximum atomic E-state index is 12.4. The first-order valence-electron chi connectivity index (χ1n) is 10.6. The molecule has 0 aliphatic rings. The molecule has 3 aromatic rings. The standard InChI is InChI=1S/C21H25N5O2.C2HF3O2/c1-3-28-11-7-10-22-20(27)19-12-16(15-26(19)2)17-13-23-21(24-14-17)25-18-8-5-4-6-9-18;3-2(4,5)1(6)7/h4-6,8-9,12-15H,3,7,10-11H2,1-2H3,(H,22,27)(H,23,24,25);(H,6,7). The molecule has 0 saturated heterocycles. The third-order valence-electron chi connectivity index (χ3n) is 4.45. The highest BCUT2D eigenvalue weighted by Gasteiger charge is 2.38. The lowest BCUT2D eigenvalue weighted by Crippen LogP contribution is -2.26. The van der Waals surface area contributed by atoms with Crippen molar-refractivity contribution in [3.63, 3.8) is 0 Å². The topological polar surface area (TPSA) is 118 Å². The van der Waals surface area contributed by atoms with Crippen LogP contribution in [0.25, 0.3) is 11.1 Å². The van der Waals surface area contributed by atoms with Crippen LogP contribution in [0.5, 0.6) is 0 Å². The molecule has 0 unspecified atom stereocenters. The van der Waals surface area contributed by atoms with E-state index in [1.807, 2.05) is 61.1 Å². The fraction of sp³-hybridized carbons (Fsp3) is 0.304. The Bertz CT molecular complexity index is 1090. The fourth-order valence-electron chi connectivity index (χ4n) is 2.75. The second-order valence-electron chi connectivity index (χ2n) is 7.12. The van der Waals surface area contributed by atoms with Gasteiger partial charge in [0.1, 0.15) is 5.69 Å². The van der Waals surface area contributed by atoms with Gasteiger partial charge in [-0.15, -0.1) is 0 Å². The fourth-order valence-corrected chi connectivity index (χ4v) is 2.75. The summed E-state index contributed by atoms with van der Waals surface area (Å²) in [5.41, 5.74) is 3.27. The van der Waals surface area contributed by atoms with Gasteiger partial charge in [0.25, 0.3) is 5.91 Å². The normalized spacial score (nSPS) is 10.8. The summed E-state index contributed by atoms with van der Waals surface area (Å²) in [7, 11) is 1.85. The van der Waals surface area contributed by atoms with Gasteiger partial charge in [-0.25, -0.2) is 14.8 Å². The van der Waals surface area contributed by atoms with E-state index in [0.717, 1.165) is 23.2 Å². The molecule has 0 fully saturated rings. The van der Waals surface area contributed by atoms with Gasteiger partial charge in [0.05, 0.1) is 0 Å². The quantitative estimate of drug-likeness (QED) is 0.386. The summed E-state index contributed by atoms with van der Waals surface area (Å²) in [6.45, 7) is 3.88. The number of carboxylic acids is 1. The zero-order valence-electron chi connectivity index (χ0n) is 19.2. The molecule has 0 atom stereocenters. The second kappa shape index (κ2) is 13.1. The minimum atomic E-state index is -5.08. The monoisotopic (exact) mass is 493 g/mol. The van der Waals surface area contributed by atoms with E-state index in [2.05, 4.69) is 20.6 Å². The summed E-state index contributed by atoms with van der Waals surface area (Å²) in [5.74, 6) is -2.33. The molecule has 0 radical (unpaired) electrons. The molecule has 2 heterocycles. The number of rotatable bonds is 9. The van der Waals surface area contributed by atoms with Crippen LogP contribution in [0.1, 0.15) is 23.8 Å². The Morgan fingerprint density at radius 2 is 1.74 bits per heavy atom. The molecule has 188 valence electrons. The maximum absolute atomic E-state index is 12.4. The summed E-state index contributed by atoms with van der Waals surface area (Å²) < 4.78 is 38.8. The third-order valence-corrected chi connectivity index (χ3v) is 4.45. The number of aliphatic carboxylic acids is 1. The number of carbonyl (C=O) groups is 2. The van der Waals surface area contributed by atoms with Crippen molar-refractivity contribution >= 4 is 23.5 Å². The van der Waals surface area contributed by atoms with Gasteiger partial charge >= 0.3 is 12.1 Å². The Balaban J connectivity index is 0.000000540. The van der Waals surface area contributed by atoms with Crippen LogP contribution in [-0.4, -0.2) is 57.5 Å². The largest absolute Gasteiger partial charge is 0.490 e. The van der Waals surface area contributed by atoms with Gasteiger partial charge in [0.15, 0.2) is 0 Å². The van der Waals surface area contributed by atoms with Crippen molar-refractivity contribution in [2.45, 2.75) is 19.5 Å². The summed E-state index contributed by atoms with van der Waals surface area (Å²) in [6.07, 6.45) is 1.10. The van der Waals surface area contributed by atoms with Gasteiger partial charge in [-0.1, -0.05) is 18.2 Å². The number of carboxylic acid groups (broad SMARTS) is 1. The molecule has 0 saturated carbocycles. The van der Waals surface area contributed by atoms with Crippen LogP contribution >= 0.6 is 0 Å². The molecule has 3 rings (SSSR count). The maximum Gasteiger partial charge on any atom is 0.490 e. The highest BCUT2D eigenvalue weighted by atomic mass is 19.4. The van der Waals surface area contributed by atoms with Crippen LogP contribution in [-0.2, 0) is 16.6 Å². The number of anilines is 2. The average molecular weight is 493 g/mol. The predicted molar refractivity (Wildman–Crippen MR) is 123 cm³/mol. The van der Waals surface area contributed by atoms with Gasteiger partial charge in [0.2, 0.25) is 5.95 Å². The van der Waals surface area contributed by atoms with Gasteiger partial charge in [-0.2, -0.15) is 13.2 Å². The average Bonchev–Trinajstić information content (AvgIpc) is 3.21. The Labute approximate surface area is 200 Å². The highest BCUT2D eigenvalue weighted by Crippen LogP contribution is 2.22. The van der Waals surface area contributed by atoms with E-state index in [-0.39, 0.29) is 5.91 Å². The molecular weight excluding hydrogens is 467 g/mol. The van der Waals surface area contributed by atoms with Crippen molar-refractivity contribution in [1.82, 2.24) is 19.9 Å². The molecule has 2 aromatic heterocycles. The molecule has 12 heteroatoms. The van der Waals surface area contributed by atoms with Crippen LogP contribution in [0.3, 0.4) is 0 Å². The number of benzene rings is 1. The lowest BCUT2D eigenvalue weighted by Gasteiger charge is -2.05. The number of amides is 1. The summed E-state index contributed by atoms with van der Waals surface area (Å²) in [4.78, 5) is 30.0. The predicted octanol–water partition coefficient (Wildman–Crippen LogP) is 4.02. The molecule has 1 amide bonds. The molecule has 0 aliphatic heterocycles. The number of halogens is 3. The Morgan fingerprint density at radius 3 is 2.31 bits per heavy atom. The van der Waals surface area contributed by atoms with E-state index in [0.29, 0.717) is 31.4 Å². The molecule has 0 spiro atoms. The number of aromatic nitrogens is 3. The first-order chi connectivity index (χ1) is 16.6. The van der Waals surface area contributed by atoms with Crippen molar-refractivity contribution in [3.05, 3.63) is 60.7 Å². The SMILES string of the molecule is CCOCCCNC(=O)c1cc(-c2cnc(Nc3ccccc3)nc2)cn1C.O=C(O)C(F)(F)F. The van der Waals surface area contributed by atoms with Crippen LogP contribution in [0.15, 0.2) is 55.0 Å². The number of hydrogen-bond donors (Lipinski definition) is 3. The van der Waals surface area contributed by atoms with Crippen LogP contribution in [0, 0.1) is 0 Å². The van der Waals surface area contributed by atoms with Crippen LogP contribution in [0.4, 0.5) is 24.8 Å². The van der Waals surface area contributed by atoms with Crippen molar-refractivity contribution < 1.29 is 32.6 Å². The highest BCUT2D eigenvalue weighted by molar-refractivity contribution is 5.94. The van der Waals surface area contributed by atoms with Gasteiger partial charge < -0.3 is 25.0 Å². The summed E-state index contributed by atoms with van der Waals surface area (Å²) in [6, 6.07) is 11.6. The first-order valence-corrected chi connectivity index (χ1v) is 10.6. The molecule has 35 heavy (non-hydrogen) atoms. The molecule has 0 aliphatic carbocycles. The Hall–Kier alpha value is -3.93. The van der Waals surface area contributed by atoms with E-state index >= 15 is 0 Å². The lowest BCUT2D eigenvalue weighted by molar-refractivity contribution is -0.192. The van der Waals surface area contributed by atoms with Crippen molar-refractivity contribution in [3.8, 4) is 11.1 Å². The molecule has 3 N–H and O–H groups in total. The van der Waals surface area contributed by atoms with E-state index in [1.165, 1.54) is 0 Å². The van der Waals surface area contributed by atoms with E-state index in [9.17, 15) is 18.0 Å². The third kappa shape index (κ3) is 9.08. The number of para-hydroxylation sites is 1. The Morgan fingerprint density at radius 1 is 1.11 bits per heavy atom. The molecular formula is C23H26F3N5O4. The summed E-state index contributed by atoms with van der Waals surface area (Å²) >= 11 is 0. The minimum Gasteiger partial charge on any atom is -0.475 e. The smallest absolute Gasteiger partial charge is 0.475 e. The number of alkyl halides is 3. The molecule has 0 bridgehead atoms. The van der Waals surface area contributed by atoms with E-state index < -0.39 is 12.1 Å². The van der Waals surface area contributed by atoms with Crippen molar-refractivity contribution in [1.29, 1.82) is 0 Å². The Kier molecular flexibility index (Phi) is 10.2. The zero-order chi connectivity index (χ0) is 25.8. The van der Waals surface area contributed by atoms with Crippen LogP contribution in [0.2, 0.25) is 0 Å². The second-order valence-corrected chi connectivity index (χ2v) is 7.12.